The number of ether oxygens (including phenoxy) is 1. The van der Waals surface area contributed by atoms with Crippen molar-refractivity contribution in [2.45, 2.75) is 6.92 Å². The van der Waals surface area contributed by atoms with Crippen LogP contribution < -0.4 is 4.74 Å². The van der Waals surface area contributed by atoms with E-state index in [1.807, 2.05) is 6.92 Å². The second kappa shape index (κ2) is 7.84. The van der Waals surface area contributed by atoms with E-state index in [0.717, 1.165) is 0 Å². The van der Waals surface area contributed by atoms with E-state index in [2.05, 4.69) is 0 Å². The molecule has 0 aromatic heterocycles. The summed E-state index contributed by atoms with van der Waals surface area (Å²) in [6.45, 7) is 1.84. The molecule has 0 aliphatic carbocycles. The number of rotatable bonds is 5. The molecule has 0 aliphatic heterocycles. The van der Waals surface area contributed by atoms with Crippen molar-refractivity contribution in [3.63, 3.8) is 0 Å². The zero-order valence-electron chi connectivity index (χ0n) is 12.5. The predicted molar refractivity (Wildman–Crippen MR) is 85.9 cm³/mol. The Morgan fingerprint density at radius 2 is 1.48 bits per heavy atom. The van der Waals surface area contributed by atoms with Gasteiger partial charge in [-0.1, -0.05) is 18.2 Å². The molecule has 0 unspecified atom stereocenters. The number of carbonyl (C=O) groups is 2. The predicted octanol–water partition coefficient (Wildman–Crippen LogP) is 4.09. The summed E-state index contributed by atoms with van der Waals surface area (Å²) >= 11 is 0. The molecule has 0 atom stereocenters. The molecule has 0 spiro atoms. The molecule has 3 nitrogen and oxygen atoms in total. The summed E-state index contributed by atoms with van der Waals surface area (Å²) < 4.78 is 18.0. The molecule has 0 radical (unpaired) electrons. The largest absolute Gasteiger partial charge is 0.423 e. The fraction of sp³-hybridized carbons (Fsp3) is 0.0526. The Hall–Kier alpha value is -3.01. The fourth-order valence-corrected chi connectivity index (χ4v) is 1.84. The normalized spacial score (nSPS) is 11.0. The number of esters is 1. The first-order chi connectivity index (χ1) is 11.1. The van der Waals surface area contributed by atoms with Crippen LogP contribution in [0, 0.1) is 5.82 Å². The summed E-state index contributed by atoms with van der Waals surface area (Å²) in [4.78, 5) is 23.7. The van der Waals surface area contributed by atoms with E-state index < -0.39 is 11.8 Å². The van der Waals surface area contributed by atoms with Crippen LogP contribution in [0.2, 0.25) is 0 Å². The highest BCUT2D eigenvalue weighted by Gasteiger charge is 2.09. The third-order valence-corrected chi connectivity index (χ3v) is 2.98. The summed E-state index contributed by atoms with van der Waals surface area (Å²) in [6, 6.07) is 11.5. The van der Waals surface area contributed by atoms with Gasteiger partial charge in [-0.25, -0.2) is 9.18 Å². The number of carbonyl (C=O) groups excluding carboxylic acids is 2. The first-order valence-electron chi connectivity index (χ1n) is 7.01. The Bertz CT molecular complexity index is 741. The highest BCUT2D eigenvalue weighted by molar-refractivity contribution is 6.09. The maximum Gasteiger partial charge on any atom is 0.336 e. The summed E-state index contributed by atoms with van der Waals surface area (Å²) in [5.74, 6) is -0.776. The molecule has 0 N–H and O–H groups in total. The monoisotopic (exact) mass is 310 g/mol. The average Bonchev–Trinajstić information content (AvgIpc) is 2.56. The highest BCUT2D eigenvalue weighted by Crippen LogP contribution is 2.16. The molecule has 116 valence electrons. The standard InChI is InChI=1S/C19H15FO3/c1-2-3-4-5-18(21)23-17-12-8-15(9-13-17)19(22)14-6-10-16(20)11-7-14/h2-13H,1H3/b3-2+,5-4+. The van der Waals surface area contributed by atoms with E-state index >= 15 is 0 Å². The summed E-state index contributed by atoms with van der Waals surface area (Å²) in [6.07, 6.45) is 6.39. The molecular formula is C19H15FO3. The van der Waals surface area contributed by atoms with Crippen molar-refractivity contribution in [3.05, 3.63) is 89.8 Å². The third-order valence-electron chi connectivity index (χ3n) is 2.98. The Morgan fingerprint density at radius 3 is 2.04 bits per heavy atom. The summed E-state index contributed by atoms with van der Waals surface area (Å²) in [5, 5.41) is 0. The van der Waals surface area contributed by atoms with E-state index in [1.54, 1.807) is 30.4 Å². The van der Waals surface area contributed by atoms with Crippen LogP contribution in [0.5, 0.6) is 5.75 Å². The molecule has 0 saturated heterocycles. The number of allylic oxidation sites excluding steroid dienone is 3. The van der Waals surface area contributed by atoms with Crippen molar-refractivity contribution in [2.75, 3.05) is 0 Å². The van der Waals surface area contributed by atoms with Crippen LogP contribution in [0.3, 0.4) is 0 Å². The number of hydrogen-bond acceptors (Lipinski definition) is 3. The first-order valence-corrected chi connectivity index (χ1v) is 7.01. The Balaban J connectivity index is 2.05. The molecule has 0 aliphatic rings. The lowest BCUT2D eigenvalue weighted by Crippen LogP contribution is -2.05. The second-order valence-corrected chi connectivity index (χ2v) is 4.67. The highest BCUT2D eigenvalue weighted by atomic mass is 19.1. The number of benzene rings is 2. The van der Waals surface area contributed by atoms with Gasteiger partial charge in [0, 0.05) is 17.2 Å². The molecule has 0 heterocycles. The molecule has 0 bridgehead atoms. The Morgan fingerprint density at radius 1 is 0.913 bits per heavy atom. The quantitative estimate of drug-likeness (QED) is 0.275. The first kappa shape index (κ1) is 16.4. The smallest absolute Gasteiger partial charge is 0.336 e. The zero-order valence-corrected chi connectivity index (χ0v) is 12.5. The molecule has 2 aromatic rings. The molecule has 0 fully saturated rings. The minimum absolute atomic E-state index is 0.226. The maximum atomic E-state index is 12.9. The Kier molecular flexibility index (Phi) is 5.58. The van der Waals surface area contributed by atoms with Crippen LogP contribution in [0.4, 0.5) is 4.39 Å². The molecule has 2 aromatic carbocycles. The zero-order chi connectivity index (χ0) is 16.7. The van der Waals surface area contributed by atoms with Gasteiger partial charge in [0.05, 0.1) is 0 Å². The van der Waals surface area contributed by atoms with Crippen molar-refractivity contribution in [3.8, 4) is 5.75 Å². The van der Waals surface area contributed by atoms with Crippen molar-refractivity contribution in [2.24, 2.45) is 0 Å². The van der Waals surface area contributed by atoms with Crippen molar-refractivity contribution >= 4 is 11.8 Å². The van der Waals surface area contributed by atoms with E-state index in [1.165, 1.54) is 42.5 Å². The van der Waals surface area contributed by atoms with Gasteiger partial charge in [0.2, 0.25) is 0 Å². The number of ketones is 1. The van der Waals surface area contributed by atoms with E-state index in [-0.39, 0.29) is 5.78 Å². The van der Waals surface area contributed by atoms with Crippen molar-refractivity contribution < 1.29 is 18.7 Å². The van der Waals surface area contributed by atoms with Crippen LogP contribution >= 0.6 is 0 Å². The molecule has 0 amide bonds. The second-order valence-electron chi connectivity index (χ2n) is 4.67. The van der Waals surface area contributed by atoms with Crippen LogP contribution in [-0.4, -0.2) is 11.8 Å². The molecular weight excluding hydrogens is 295 g/mol. The van der Waals surface area contributed by atoms with E-state index in [0.29, 0.717) is 16.9 Å². The summed E-state index contributed by atoms with van der Waals surface area (Å²) in [7, 11) is 0. The molecule has 0 saturated carbocycles. The average molecular weight is 310 g/mol. The van der Waals surface area contributed by atoms with E-state index in [9.17, 15) is 14.0 Å². The van der Waals surface area contributed by atoms with Gasteiger partial charge < -0.3 is 4.74 Å². The van der Waals surface area contributed by atoms with Crippen LogP contribution in [0.1, 0.15) is 22.8 Å². The Labute approximate surface area is 133 Å². The van der Waals surface area contributed by atoms with Gasteiger partial charge in [0.25, 0.3) is 0 Å². The minimum Gasteiger partial charge on any atom is -0.423 e. The minimum atomic E-state index is -0.499. The van der Waals surface area contributed by atoms with Gasteiger partial charge in [0.1, 0.15) is 11.6 Å². The van der Waals surface area contributed by atoms with Gasteiger partial charge in [-0.3, -0.25) is 4.79 Å². The van der Waals surface area contributed by atoms with Crippen LogP contribution in [0.25, 0.3) is 0 Å². The number of halogens is 1. The summed E-state index contributed by atoms with van der Waals surface area (Å²) in [5.41, 5.74) is 0.825. The van der Waals surface area contributed by atoms with Crippen molar-refractivity contribution in [1.29, 1.82) is 0 Å². The lowest BCUT2D eigenvalue weighted by molar-refractivity contribution is -0.128. The third kappa shape index (κ3) is 4.74. The lowest BCUT2D eigenvalue weighted by Gasteiger charge is -2.04. The van der Waals surface area contributed by atoms with E-state index in [4.69, 9.17) is 4.74 Å². The van der Waals surface area contributed by atoms with Crippen LogP contribution in [-0.2, 0) is 4.79 Å². The van der Waals surface area contributed by atoms with Gasteiger partial charge in [0.15, 0.2) is 5.78 Å². The lowest BCUT2D eigenvalue weighted by atomic mass is 10.0. The topological polar surface area (TPSA) is 43.4 Å². The van der Waals surface area contributed by atoms with Gasteiger partial charge >= 0.3 is 5.97 Å². The molecule has 2 rings (SSSR count). The van der Waals surface area contributed by atoms with Gasteiger partial charge in [-0.05, 0) is 55.5 Å². The fourth-order valence-electron chi connectivity index (χ4n) is 1.84. The van der Waals surface area contributed by atoms with Gasteiger partial charge in [-0.2, -0.15) is 0 Å². The molecule has 4 heteroatoms. The SMILES string of the molecule is C/C=C/C=C/C(=O)Oc1ccc(C(=O)c2ccc(F)cc2)cc1. The van der Waals surface area contributed by atoms with Crippen LogP contribution in [0.15, 0.2) is 72.8 Å². The molecule has 23 heavy (non-hydrogen) atoms. The van der Waals surface area contributed by atoms with Crippen molar-refractivity contribution in [1.82, 2.24) is 0 Å². The number of hydrogen-bond donors (Lipinski definition) is 0. The van der Waals surface area contributed by atoms with Gasteiger partial charge in [-0.15, -0.1) is 0 Å². The maximum absolute atomic E-state index is 12.9.